The molecule has 5 rings (SSSR count). The van der Waals surface area contributed by atoms with Crippen molar-refractivity contribution in [1.29, 1.82) is 0 Å². The van der Waals surface area contributed by atoms with E-state index in [4.69, 9.17) is 17.8 Å². The predicted molar refractivity (Wildman–Crippen MR) is 152 cm³/mol. The summed E-state index contributed by atoms with van der Waals surface area (Å²) in [6.07, 6.45) is -4.35. The Kier molecular flexibility index (Phi) is 7.25. The molecule has 15 heteroatoms. The van der Waals surface area contributed by atoms with E-state index in [1.54, 1.807) is 0 Å². The molecule has 0 spiro atoms. The Balaban J connectivity index is 1.70. The van der Waals surface area contributed by atoms with Crippen LogP contribution in [-0.4, -0.2) is 52.3 Å². The van der Waals surface area contributed by atoms with Crippen molar-refractivity contribution in [3.05, 3.63) is 77.5 Å². The van der Waals surface area contributed by atoms with Crippen LogP contribution in [0, 0.1) is 5.82 Å². The summed E-state index contributed by atoms with van der Waals surface area (Å²) in [4.78, 5) is 39.1. The number of methoxy groups -OCH3 is 1. The fourth-order valence-electron chi connectivity index (χ4n) is 4.58. The monoisotopic (exact) mass is 629 g/mol. The lowest BCUT2D eigenvalue weighted by atomic mass is 9.97. The summed E-state index contributed by atoms with van der Waals surface area (Å²) < 4.78 is 93.9. The Morgan fingerprint density at radius 2 is 1.84 bits per heavy atom. The Labute approximate surface area is 257 Å². The number of pyridine rings is 2. The van der Waals surface area contributed by atoms with Crippen LogP contribution in [0.25, 0.3) is 33.6 Å². The minimum Gasteiger partial charge on any atom is -0.480 e. The summed E-state index contributed by atoms with van der Waals surface area (Å²) in [5.41, 5.74) is -2.30. The fourth-order valence-corrected chi connectivity index (χ4v) is 4.58. The molecule has 0 saturated carbocycles. The van der Waals surface area contributed by atoms with E-state index in [1.165, 1.54) is 44.6 Å². The van der Waals surface area contributed by atoms with E-state index in [2.05, 4.69) is 30.7 Å². The van der Waals surface area contributed by atoms with Crippen molar-refractivity contribution < 1.29 is 44.9 Å². The number of fused-ring (bicyclic) bond motifs is 1. The summed E-state index contributed by atoms with van der Waals surface area (Å²) in [6.45, 7) is -1.71. The number of rotatable bonds is 9. The number of furan rings is 1. The SMILES string of the molecule is [2H]C([2H])([2H])C(C)(NC(=O)c1cc(-c2cc3c(C(=O)NC)c(-c4ccc(F)cc4)oc3nc2CCC(F)(F)F)cnc1OC)c1ncon1. The summed E-state index contributed by atoms with van der Waals surface area (Å²) >= 11 is 0. The molecule has 0 aliphatic rings. The van der Waals surface area contributed by atoms with Crippen LogP contribution < -0.4 is 15.4 Å². The van der Waals surface area contributed by atoms with Gasteiger partial charge in [-0.3, -0.25) is 9.59 Å². The van der Waals surface area contributed by atoms with Crippen LogP contribution in [0.2, 0.25) is 0 Å². The van der Waals surface area contributed by atoms with E-state index in [0.717, 1.165) is 25.5 Å². The molecule has 11 nitrogen and oxygen atoms in total. The van der Waals surface area contributed by atoms with Gasteiger partial charge in [0.25, 0.3) is 11.8 Å². The van der Waals surface area contributed by atoms with E-state index in [0.29, 0.717) is 5.56 Å². The Morgan fingerprint density at radius 3 is 2.47 bits per heavy atom. The average molecular weight is 630 g/mol. The summed E-state index contributed by atoms with van der Waals surface area (Å²) in [6, 6.07) is 7.64. The molecule has 2 amide bonds. The van der Waals surface area contributed by atoms with E-state index in [1.807, 2.05) is 0 Å². The summed E-state index contributed by atoms with van der Waals surface area (Å²) in [5.74, 6) is -2.76. The van der Waals surface area contributed by atoms with Crippen molar-refractivity contribution in [2.24, 2.45) is 0 Å². The third-order valence-corrected chi connectivity index (χ3v) is 6.74. The van der Waals surface area contributed by atoms with Crippen LogP contribution in [0.5, 0.6) is 5.88 Å². The first-order chi connectivity index (χ1) is 22.6. The number of carbonyl (C=O) groups is 2. The Bertz CT molecular complexity index is 1980. The molecule has 2 N–H and O–H groups in total. The van der Waals surface area contributed by atoms with Crippen LogP contribution in [0.4, 0.5) is 17.6 Å². The lowest BCUT2D eigenvalue weighted by Gasteiger charge is -2.23. The van der Waals surface area contributed by atoms with Crippen LogP contribution >= 0.6 is 0 Å². The number of amides is 2. The molecular formula is C30H26F4N6O5. The van der Waals surface area contributed by atoms with E-state index >= 15 is 0 Å². The second kappa shape index (κ2) is 12.0. The number of carbonyl (C=O) groups excluding carboxylic acids is 2. The van der Waals surface area contributed by atoms with Gasteiger partial charge >= 0.3 is 6.18 Å². The van der Waals surface area contributed by atoms with E-state index in [9.17, 15) is 27.2 Å². The highest BCUT2D eigenvalue weighted by atomic mass is 19.4. The highest BCUT2D eigenvalue weighted by Gasteiger charge is 2.31. The third-order valence-electron chi connectivity index (χ3n) is 6.74. The van der Waals surface area contributed by atoms with Gasteiger partial charge in [-0.25, -0.2) is 14.4 Å². The first-order valence-electron chi connectivity index (χ1n) is 14.7. The number of halogens is 4. The molecule has 1 atom stereocenters. The molecule has 0 bridgehead atoms. The van der Waals surface area contributed by atoms with Crippen molar-refractivity contribution in [1.82, 2.24) is 30.7 Å². The molecule has 45 heavy (non-hydrogen) atoms. The molecule has 0 radical (unpaired) electrons. The van der Waals surface area contributed by atoms with Crippen LogP contribution in [0.15, 0.2) is 57.9 Å². The third kappa shape index (κ3) is 6.46. The summed E-state index contributed by atoms with van der Waals surface area (Å²) in [7, 11) is 2.57. The average Bonchev–Trinajstić information content (AvgIpc) is 3.71. The van der Waals surface area contributed by atoms with Gasteiger partial charge in [0.1, 0.15) is 17.1 Å². The van der Waals surface area contributed by atoms with Gasteiger partial charge in [0, 0.05) is 40.5 Å². The largest absolute Gasteiger partial charge is 0.480 e. The first kappa shape index (κ1) is 27.2. The van der Waals surface area contributed by atoms with Crippen LogP contribution in [0.1, 0.15) is 56.5 Å². The molecule has 4 heterocycles. The lowest BCUT2D eigenvalue weighted by molar-refractivity contribution is -0.134. The van der Waals surface area contributed by atoms with Gasteiger partial charge in [0.2, 0.25) is 18.0 Å². The predicted octanol–water partition coefficient (Wildman–Crippen LogP) is 5.61. The molecule has 1 unspecified atom stereocenters. The smallest absolute Gasteiger partial charge is 0.389 e. The maximum absolute atomic E-state index is 13.7. The zero-order chi connectivity index (χ0) is 35.0. The number of benzene rings is 1. The second-order valence-corrected chi connectivity index (χ2v) is 9.96. The summed E-state index contributed by atoms with van der Waals surface area (Å²) in [5, 5.41) is 8.56. The molecule has 1 aromatic carbocycles. The second-order valence-electron chi connectivity index (χ2n) is 9.96. The van der Waals surface area contributed by atoms with E-state index in [-0.39, 0.29) is 56.5 Å². The van der Waals surface area contributed by atoms with Crippen molar-refractivity contribution >= 4 is 22.9 Å². The molecule has 5 aromatic rings. The molecular weight excluding hydrogens is 600 g/mol. The fraction of sp³-hybridized carbons (Fsp3) is 0.267. The number of ether oxygens (including phenoxy) is 1. The molecule has 4 aromatic heterocycles. The van der Waals surface area contributed by atoms with Crippen molar-refractivity contribution in [3.63, 3.8) is 0 Å². The highest BCUT2D eigenvalue weighted by molar-refractivity contribution is 6.11. The maximum Gasteiger partial charge on any atom is 0.389 e. The van der Waals surface area contributed by atoms with E-state index < -0.39 is 49.0 Å². The van der Waals surface area contributed by atoms with Gasteiger partial charge < -0.3 is 24.3 Å². The number of hydrogen-bond acceptors (Lipinski definition) is 9. The highest BCUT2D eigenvalue weighted by Crippen LogP contribution is 2.38. The first-order valence-corrected chi connectivity index (χ1v) is 13.2. The lowest BCUT2D eigenvalue weighted by Crippen LogP contribution is -2.42. The molecule has 0 saturated heterocycles. The molecule has 0 aliphatic carbocycles. The zero-order valence-corrected chi connectivity index (χ0v) is 23.9. The molecule has 234 valence electrons. The number of aryl methyl sites for hydroxylation is 1. The topological polar surface area (TPSA) is 145 Å². The quantitative estimate of drug-likeness (QED) is 0.199. The van der Waals surface area contributed by atoms with Gasteiger partial charge in [0.05, 0.1) is 29.3 Å². The van der Waals surface area contributed by atoms with Gasteiger partial charge in [0.15, 0.2) is 5.82 Å². The zero-order valence-electron chi connectivity index (χ0n) is 26.9. The van der Waals surface area contributed by atoms with Gasteiger partial charge in [-0.2, -0.15) is 18.2 Å². The number of hydrogen-bond donors (Lipinski definition) is 2. The van der Waals surface area contributed by atoms with Crippen molar-refractivity contribution in [3.8, 4) is 28.3 Å². The van der Waals surface area contributed by atoms with Gasteiger partial charge in [-0.15, -0.1) is 0 Å². The van der Waals surface area contributed by atoms with Crippen LogP contribution in [0.3, 0.4) is 0 Å². The van der Waals surface area contributed by atoms with Crippen molar-refractivity contribution in [2.75, 3.05) is 14.2 Å². The minimum absolute atomic E-state index is 0.00545. The Morgan fingerprint density at radius 1 is 1.09 bits per heavy atom. The number of nitrogens with one attached hydrogen (secondary N) is 2. The number of aromatic nitrogens is 4. The number of alkyl halides is 3. The van der Waals surface area contributed by atoms with Crippen LogP contribution in [-0.2, 0) is 12.0 Å². The molecule has 0 fully saturated rings. The number of nitrogens with zero attached hydrogens (tertiary/aromatic N) is 4. The van der Waals surface area contributed by atoms with Gasteiger partial charge in [-0.1, -0.05) is 5.16 Å². The maximum atomic E-state index is 13.7. The Hall–Kier alpha value is -5.34. The normalized spacial score (nSPS) is 14.2. The minimum atomic E-state index is -4.57. The standard InChI is InChI=1S/C30H26F4N6O5/c1-29(2,28-37-14-44-40-28)39-24(41)20-11-16(13-36-26(20)43-4)18-12-19-22(25(42)35-3)23(15-5-7-17(31)8-6-15)45-27(19)38-21(18)9-10-30(32,33)34/h5-8,11-14H,9-10H2,1-4H3,(H,35,42)(H,39,41)/i1D3. The van der Waals surface area contributed by atoms with Gasteiger partial charge in [-0.05, 0) is 56.6 Å². The van der Waals surface area contributed by atoms with Crippen molar-refractivity contribution in [2.45, 2.75) is 38.3 Å². The molecule has 0 aliphatic heterocycles.